The summed E-state index contributed by atoms with van der Waals surface area (Å²) in [5.41, 5.74) is 0.558. The van der Waals surface area contributed by atoms with E-state index in [1.807, 2.05) is 6.92 Å². The Balaban J connectivity index is 2.89. The van der Waals surface area contributed by atoms with Crippen LogP contribution in [-0.4, -0.2) is 24.5 Å². The van der Waals surface area contributed by atoms with Crippen molar-refractivity contribution in [2.45, 2.75) is 33.2 Å². The third-order valence-electron chi connectivity index (χ3n) is 2.51. The molecule has 1 rings (SSSR count). The largest absolute Gasteiger partial charge is 0.464 e. The Labute approximate surface area is 123 Å². The van der Waals surface area contributed by atoms with Gasteiger partial charge in [-0.1, -0.05) is 19.1 Å². The van der Waals surface area contributed by atoms with Crippen molar-refractivity contribution in [3.63, 3.8) is 0 Å². The van der Waals surface area contributed by atoms with Gasteiger partial charge in [-0.15, -0.1) is 0 Å². The molecular formula is C15H19NO5. The Kier molecular flexibility index (Phi) is 6.39. The van der Waals surface area contributed by atoms with Crippen LogP contribution in [0.25, 0.3) is 0 Å². The van der Waals surface area contributed by atoms with Gasteiger partial charge in [-0.3, -0.25) is 9.59 Å². The highest BCUT2D eigenvalue weighted by atomic mass is 16.5. The number of hydrogen-bond donors (Lipinski definition) is 1. The van der Waals surface area contributed by atoms with E-state index in [-0.39, 0.29) is 5.91 Å². The summed E-state index contributed by atoms with van der Waals surface area (Å²) >= 11 is 0. The number of benzene rings is 1. The number of amides is 1. The highest BCUT2D eigenvalue weighted by molar-refractivity contribution is 5.84. The topological polar surface area (TPSA) is 81.7 Å². The summed E-state index contributed by atoms with van der Waals surface area (Å²) < 4.78 is 9.98. The first kappa shape index (κ1) is 16.7. The Morgan fingerprint density at radius 3 is 2.24 bits per heavy atom. The molecule has 1 atom stereocenters. The van der Waals surface area contributed by atoms with Crippen molar-refractivity contribution in [3.8, 4) is 5.75 Å². The van der Waals surface area contributed by atoms with Crippen molar-refractivity contribution in [1.82, 2.24) is 5.32 Å². The SMILES string of the molecule is CCCOC(=O)C(NC(C)=O)c1ccc(OC(C)=O)cc1. The van der Waals surface area contributed by atoms with Crippen LogP contribution in [0.5, 0.6) is 5.75 Å². The number of hydrogen-bond acceptors (Lipinski definition) is 5. The van der Waals surface area contributed by atoms with E-state index in [2.05, 4.69) is 5.32 Å². The average molecular weight is 293 g/mol. The monoisotopic (exact) mass is 293 g/mol. The van der Waals surface area contributed by atoms with Crippen LogP contribution in [0, 0.1) is 0 Å². The summed E-state index contributed by atoms with van der Waals surface area (Å²) in [5, 5.41) is 2.54. The molecule has 1 aromatic rings. The second-order valence-electron chi connectivity index (χ2n) is 4.46. The first-order chi connectivity index (χ1) is 9.93. The molecule has 114 valence electrons. The molecule has 1 unspecified atom stereocenters. The van der Waals surface area contributed by atoms with Gasteiger partial charge in [0.25, 0.3) is 0 Å². The number of esters is 2. The lowest BCUT2D eigenvalue weighted by Crippen LogP contribution is -2.33. The van der Waals surface area contributed by atoms with Gasteiger partial charge in [0.05, 0.1) is 6.61 Å². The molecule has 0 spiro atoms. The lowest BCUT2D eigenvalue weighted by atomic mass is 10.1. The van der Waals surface area contributed by atoms with Crippen molar-refractivity contribution in [2.75, 3.05) is 6.61 Å². The van der Waals surface area contributed by atoms with E-state index in [1.54, 1.807) is 24.3 Å². The highest BCUT2D eigenvalue weighted by Crippen LogP contribution is 2.19. The maximum Gasteiger partial charge on any atom is 0.333 e. The summed E-state index contributed by atoms with van der Waals surface area (Å²) in [5.74, 6) is -0.914. The summed E-state index contributed by atoms with van der Waals surface area (Å²) in [6, 6.07) is 5.44. The molecule has 0 heterocycles. The smallest absolute Gasteiger partial charge is 0.333 e. The molecule has 0 saturated heterocycles. The molecule has 1 N–H and O–H groups in total. The minimum Gasteiger partial charge on any atom is -0.464 e. The van der Waals surface area contributed by atoms with Gasteiger partial charge in [-0.25, -0.2) is 4.79 Å². The number of ether oxygens (including phenoxy) is 2. The zero-order valence-electron chi connectivity index (χ0n) is 12.3. The van der Waals surface area contributed by atoms with Gasteiger partial charge in [0.2, 0.25) is 5.91 Å². The van der Waals surface area contributed by atoms with Crippen molar-refractivity contribution in [1.29, 1.82) is 0 Å². The molecule has 0 aromatic heterocycles. The Morgan fingerprint density at radius 2 is 1.76 bits per heavy atom. The molecule has 0 aliphatic rings. The quantitative estimate of drug-likeness (QED) is 0.638. The van der Waals surface area contributed by atoms with Crippen LogP contribution in [-0.2, 0) is 19.1 Å². The fourth-order valence-corrected chi connectivity index (χ4v) is 1.66. The number of carbonyl (C=O) groups is 3. The molecule has 21 heavy (non-hydrogen) atoms. The molecule has 1 aromatic carbocycles. The second-order valence-corrected chi connectivity index (χ2v) is 4.46. The third-order valence-corrected chi connectivity index (χ3v) is 2.51. The molecule has 6 heteroatoms. The first-order valence-corrected chi connectivity index (χ1v) is 6.66. The molecule has 0 saturated carbocycles. The van der Waals surface area contributed by atoms with E-state index in [1.165, 1.54) is 13.8 Å². The van der Waals surface area contributed by atoms with E-state index >= 15 is 0 Å². The Bertz CT molecular complexity index is 509. The van der Waals surface area contributed by atoms with Gasteiger partial charge < -0.3 is 14.8 Å². The summed E-state index contributed by atoms with van der Waals surface area (Å²) in [4.78, 5) is 34.1. The molecule has 0 fully saturated rings. The van der Waals surface area contributed by atoms with Crippen LogP contribution < -0.4 is 10.1 Å². The minimum absolute atomic E-state index is 0.292. The van der Waals surface area contributed by atoms with Crippen molar-refractivity contribution >= 4 is 17.8 Å². The van der Waals surface area contributed by atoms with Crippen LogP contribution in [0.3, 0.4) is 0 Å². The molecule has 0 bridgehead atoms. The van der Waals surface area contributed by atoms with Gasteiger partial charge in [-0.05, 0) is 24.1 Å². The molecular weight excluding hydrogens is 274 g/mol. The summed E-state index contributed by atoms with van der Waals surface area (Å²) in [6.07, 6.45) is 0.698. The lowest BCUT2D eigenvalue weighted by molar-refractivity contribution is -0.148. The van der Waals surface area contributed by atoms with Crippen LogP contribution in [0.4, 0.5) is 0 Å². The molecule has 6 nitrogen and oxygen atoms in total. The van der Waals surface area contributed by atoms with Gasteiger partial charge >= 0.3 is 11.9 Å². The van der Waals surface area contributed by atoms with Crippen molar-refractivity contribution < 1.29 is 23.9 Å². The first-order valence-electron chi connectivity index (χ1n) is 6.66. The van der Waals surface area contributed by atoms with Crippen LogP contribution in [0.2, 0.25) is 0 Å². The van der Waals surface area contributed by atoms with Gasteiger partial charge in [0.15, 0.2) is 6.04 Å². The fraction of sp³-hybridized carbons (Fsp3) is 0.400. The Hall–Kier alpha value is -2.37. The normalized spacial score (nSPS) is 11.4. The van der Waals surface area contributed by atoms with Crippen LogP contribution >= 0.6 is 0 Å². The molecule has 0 radical (unpaired) electrons. The lowest BCUT2D eigenvalue weighted by Gasteiger charge is -2.17. The zero-order valence-corrected chi connectivity index (χ0v) is 12.3. The van der Waals surface area contributed by atoms with E-state index in [4.69, 9.17) is 9.47 Å². The zero-order chi connectivity index (χ0) is 15.8. The van der Waals surface area contributed by atoms with E-state index in [9.17, 15) is 14.4 Å². The number of carbonyl (C=O) groups excluding carboxylic acids is 3. The fourth-order valence-electron chi connectivity index (χ4n) is 1.66. The van der Waals surface area contributed by atoms with Gasteiger partial charge in [0, 0.05) is 13.8 Å². The van der Waals surface area contributed by atoms with Crippen molar-refractivity contribution in [2.24, 2.45) is 0 Å². The maximum absolute atomic E-state index is 12.0. The summed E-state index contributed by atoms with van der Waals surface area (Å²) in [7, 11) is 0. The molecule has 0 aliphatic carbocycles. The summed E-state index contributed by atoms with van der Waals surface area (Å²) in [6.45, 7) is 4.80. The molecule has 1 amide bonds. The predicted molar refractivity (Wildman–Crippen MR) is 75.6 cm³/mol. The second kappa shape index (κ2) is 8.04. The van der Waals surface area contributed by atoms with E-state index in [0.717, 1.165) is 0 Å². The van der Waals surface area contributed by atoms with E-state index in [0.29, 0.717) is 24.3 Å². The van der Waals surface area contributed by atoms with Crippen molar-refractivity contribution in [3.05, 3.63) is 29.8 Å². The third kappa shape index (κ3) is 5.64. The maximum atomic E-state index is 12.0. The van der Waals surface area contributed by atoms with Gasteiger partial charge in [-0.2, -0.15) is 0 Å². The molecule has 0 aliphatic heterocycles. The predicted octanol–water partition coefficient (Wildman–Crippen LogP) is 1.74. The highest BCUT2D eigenvalue weighted by Gasteiger charge is 2.23. The minimum atomic E-state index is -0.875. The van der Waals surface area contributed by atoms with Crippen LogP contribution in [0.1, 0.15) is 38.8 Å². The number of rotatable bonds is 6. The Morgan fingerprint density at radius 1 is 1.14 bits per heavy atom. The standard InChI is InChI=1S/C15H19NO5/c1-4-9-20-15(19)14(16-10(2)17)12-5-7-13(8-6-12)21-11(3)18/h5-8,14H,4,9H2,1-3H3,(H,16,17). The average Bonchev–Trinajstić information content (AvgIpc) is 2.42. The van der Waals surface area contributed by atoms with Gasteiger partial charge in [0.1, 0.15) is 5.75 Å². The number of nitrogens with one attached hydrogen (secondary N) is 1. The van der Waals surface area contributed by atoms with Crippen LogP contribution in [0.15, 0.2) is 24.3 Å². The van der Waals surface area contributed by atoms with E-state index < -0.39 is 18.0 Å².